The van der Waals surface area contributed by atoms with Crippen LogP contribution >= 0.6 is 0 Å². The quantitative estimate of drug-likeness (QED) is 0.351. The predicted octanol–water partition coefficient (Wildman–Crippen LogP) is 1.32. The van der Waals surface area contributed by atoms with Crippen molar-refractivity contribution in [1.29, 1.82) is 0 Å². The summed E-state index contributed by atoms with van der Waals surface area (Å²) in [6, 6.07) is -4.51. The van der Waals surface area contributed by atoms with E-state index >= 15 is 0 Å². The maximum absolute atomic E-state index is 14.5. The molecule has 0 aromatic rings. The average Bonchev–Trinajstić information content (AvgIpc) is 3.06. The van der Waals surface area contributed by atoms with E-state index in [9.17, 15) is 32.8 Å². The monoisotopic (exact) mass is 527 g/mol. The molecule has 2 saturated carbocycles. The third-order valence-corrected chi connectivity index (χ3v) is 7.43. The Labute approximate surface area is 215 Å². The molecule has 0 aromatic heterocycles. The summed E-state index contributed by atoms with van der Waals surface area (Å²) in [6.45, 7) is 10.1. The molecule has 5 N–H and O–H groups in total. The fourth-order valence-electron chi connectivity index (χ4n) is 5.18. The Morgan fingerprint density at radius 3 is 2.08 bits per heavy atom. The number of urea groups is 1. The molecular formula is C25H39F2N5O5. The van der Waals surface area contributed by atoms with Crippen LogP contribution in [-0.2, 0) is 19.2 Å². The number of nitrogens with one attached hydrogen (secondary N) is 3. The summed E-state index contributed by atoms with van der Waals surface area (Å²) in [5, 5.41) is 7.80. The van der Waals surface area contributed by atoms with Crippen molar-refractivity contribution in [1.82, 2.24) is 20.9 Å². The van der Waals surface area contributed by atoms with Crippen molar-refractivity contribution < 1.29 is 32.8 Å². The second-order valence-corrected chi connectivity index (χ2v) is 12.7. The molecule has 0 spiro atoms. The van der Waals surface area contributed by atoms with Crippen molar-refractivity contribution in [2.75, 3.05) is 6.54 Å². The molecule has 5 amide bonds. The van der Waals surface area contributed by atoms with E-state index in [0.717, 1.165) is 24.2 Å². The Bertz CT molecular complexity index is 969. The first-order valence-electron chi connectivity index (χ1n) is 12.8. The molecule has 3 aliphatic rings. The van der Waals surface area contributed by atoms with Crippen molar-refractivity contribution >= 4 is 29.5 Å². The van der Waals surface area contributed by atoms with Gasteiger partial charge in [-0.25, -0.2) is 13.6 Å². The van der Waals surface area contributed by atoms with Crippen molar-refractivity contribution in [3.63, 3.8) is 0 Å². The van der Waals surface area contributed by atoms with Crippen molar-refractivity contribution in [3.8, 4) is 0 Å². The molecule has 12 heteroatoms. The number of likely N-dealkylation sites (tertiary alicyclic amines) is 1. The van der Waals surface area contributed by atoms with Gasteiger partial charge < -0.3 is 26.6 Å². The van der Waals surface area contributed by atoms with Gasteiger partial charge in [0.2, 0.25) is 17.6 Å². The molecule has 208 valence electrons. The van der Waals surface area contributed by atoms with E-state index in [1.54, 1.807) is 41.5 Å². The highest BCUT2D eigenvalue weighted by atomic mass is 19.3. The molecule has 1 heterocycles. The number of hydrogen-bond acceptors (Lipinski definition) is 5. The molecule has 2 aliphatic carbocycles. The maximum Gasteiger partial charge on any atom is 0.315 e. The van der Waals surface area contributed by atoms with Gasteiger partial charge in [0.15, 0.2) is 0 Å². The van der Waals surface area contributed by atoms with Crippen LogP contribution < -0.4 is 21.7 Å². The fourth-order valence-corrected chi connectivity index (χ4v) is 5.18. The topological polar surface area (TPSA) is 151 Å². The summed E-state index contributed by atoms with van der Waals surface area (Å²) in [5.41, 5.74) is 3.77. The highest BCUT2D eigenvalue weighted by Gasteiger charge is 2.78. The molecule has 0 aromatic carbocycles. The summed E-state index contributed by atoms with van der Waals surface area (Å²) < 4.78 is 29.0. The summed E-state index contributed by atoms with van der Waals surface area (Å²) in [5.74, 6) is -9.45. The molecular weight excluding hydrogens is 488 g/mol. The van der Waals surface area contributed by atoms with E-state index in [4.69, 9.17) is 5.73 Å². The van der Waals surface area contributed by atoms with Gasteiger partial charge in [-0.05, 0) is 38.5 Å². The van der Waals surface area contributed by atoms with E-state index in [1.165, 1.54) is 0 Å². The van der Waals surface area contributed by atoms with Gasteiger partial charge in [0.05, 0.1) is 17.9 Å². The van der Waals surface area contributed by atoms with Crippen LogP contribution in [-0.4, -0.2) is 70.6 Å². The van der Waals surface area contributed by atoms with Gasteiger partial charge in [-0.1, -0.05) is 40.0 Å². The van der Waals surface area contributed by atoms with Crippen LogP contribution in [0.25, 0.3) is 0 Å². The standard InChI is InChI=1S/C25H39F2N5O5/c1-23(2,3)18(30-22(37)31-24(4,5)6)21(36)32-11-13-15(25(13,26)27)16(32)20(35)29-14(17(33)19(28)34)10-12-8-7-9-12/h12-16,18H,7-11H2,1-6H3,(H2,28,34)(H,29,35)(H2,30,31,37)/t13?,14?,15-,16-,18+/m0/s1. The minimum Gasteiger partial charge on any atom is -0.363 e. The Morgan fingerprint density at radius 1 is 1.03 bits per heavy atom. The van der Waals surface area contributed by atoms with E-state index in [0.29, 0.717) is 0 Å². The van der Waals surface area contributed by atoms with Crippen LogP contribution in [0, 0.1) is 23.2 Å². The minimum absolute atomic E-state index is 0.112. The van der Waals surface area contributed by atoms with Crippen LogP contribution in [0.1, 0.15) is 67.2 Å². The Kier molecular flexibility index (Phi) is 7.64. The first-order valence-corrected chi connectivity index (χ1v) is 12.8. The lowest BCUT2D eigenvalue weighted by atomic mass is 9.80. The molecule has 5 atom stereocenters. The van der Waals surface area contributed by atoms with Crippen LogP contribution in [0.15, 0.2) is 0 Å². The average molecular weight is 528 g/mol. The van der Waals surface area contributed by atoms with Crippen LogP contribution in [0.5, 0.6) is 0 Å². The molecule has 3 fully saturated rings. The van der Waals surface area contributed by atoms with Gasteiger partial charge in [0, 0.05) is 12.1 Å². The number of amides is 5. The molecule has 0 radical (unpaired) electrons. The lowest BCUT2D eigenvalue weighted by Crippen LogP contribution is -2.62. The number of ketones is 1. The Hall–Kier alpha value is -2.79. The van der Waals surface area contributed by atoms with Gasteiger partial charge in [0.1, 0.15) is 12.1 Å². The maximum atomic E-state index is 14.5. The third kappa shape index (κ3) is 6.20. The van der Waals surface area contributed by atoms with Gasteiger partial charge in [-0.3, -0.25) is 19.2 Å². The van der Waals surface area contributed by atoms with Gasteiger partial charge >= 0.3 is 6.03 Å². The molecule has 37 heavy (non-hydrogen) atoms. The Balaban J connectivity index is 1.83. The molecule has 10 nitrogen and oxygen atoms in total. The highest BCUT2D eigenvalue weighted by Crippen LogP contribution is 2.62. The van der Waals surface area contributed by atoms with Crippen LogP contribution in [0.4, 0.5) is 13.6 Å². The van der Waals surface area contributed by atoms with E-state index in [1.807, 2.05) is 0 Å². The number of nitrogens with zero attached hydrogens (tertiary/aromatic N) is 1. The first kappa shape index (κ1) is 28.8. The number of piperidine rings is 1. The number of alkyl halides is 2. The number of carbonyl (C=O) groups is 5. The first-order chi connectivity index (χ1) is 16.8. The molecule has 1 aliphatic heterocycles. The highest BCUT2D eigenvalue weighted by molar-refractivity contribution is 6.37. The summed E-state index contributed by atoms with van der Waals surface area (Å²) in [6.07, 6.45) is 2.79. The normalized spacial score (nSPS) is 26.3. The number of hydrogen-bond donors (Lipinski definition) is 4. The smallest absolute Gasteiger partial charge is 0.315 e. The number of fused-ring (bicyclic) bond motifs is 1. The molecule has 1 saturated heterocycles. The zero-order chi connectivity index (χ0) is 28.1. The van der Waals surface area contributed by atoms with Crippen molar-refractivity contribution in [2.24, 2.45) is 28.9 Å². The number of carbonyl (C=O) groups excluding carboxylic acids is 5. The zero-order valence-corrected chi connectivity index (χ0v) is 22.3. The molecule has 0 bridgehead atoms. The lowest BCUT2D eigenvalue weighted by Gasteiger charge is -2.37. The van der Waals surface area contributed by atoms with Crippen molar-refractivity contribution in [2.45, 2.75) is 96.8 Å². The van der Waals surface area contributed by atoms with Gasteiger partial charge in [-0.2, -0.15) is 0 Å². The SMILES string of the molecule is CC(C)(C)NC(=O)N[C@H](C(=O)N1CC2[C@@H]([C@H]1C(=O)NC(CC1CCC1)C(=O)C(N)=O)C2(F)F)C(C)(C)C. The van der Waals surface area contributed by atoms with Crippen molar-refractivity contribution in [3.05, 3.63) is 0 Å². The number of nitrogens with two attached hydrogens (primary N) is 1. The zero-order valence-electron chi connectivity index (χ0n) is 22.3. The number of halogens is 2. The minimum atomic E-state index is -3.13. The number of Topliss-reactive ketones (excluding diaryl/α,β-unsaturated/α-hetero) is 1. The Morgan fingerprint density at radius 2 is 1.62 bits per heavy atom. The van der Waals surface area contributed by atoms with E-state index in [2.05, 4.69) is 16.0 Å². The van der Waals surface area contributed by atoms with E-state index < -0.39 is 76.4 Å². The van der Waals surface area contributed by atoms with Gasteiger partial charge in [0.25, 0.3) is 11.8 Å². The molecule has 2 unspecified atom stereocenters. The van der Waals surface area contributed by atoms with E-state index in [-0.39, 0.29) is 18.9 Å². The summed E-state index contributed by atoms with van der Waals surface area (Å²) >= 11 is 0. The molecule has 3 rings (SSSR count). The predicted molar refractivity (Wildman–Crippen MR) is 130 cm³/mol. The van der Waals surface area contributed by atoms with Crippen LogP contribution in [0.2, 0.25) is 0 Å². The second-order valence-electron chi connectivity index (χ2n) is 12.7. The number of rotatable bonds is 8. The van der Waals surface area contributed by atoms with Gasteiger partial charge in [-0.15, -0.1) is 0 Å². The summed E-state index contributed by atoms with van der Waals surface area (Å²) in [7, 11) is 0. The summed E-state index contributed by atoms with van der Waals surface area (Å²) in [4.78, 5) is 64.6. The fraction of sp³-hybridized carbons (Fsp3) is 0.800. The third-order valence-electron chi connectivity index (χ3n) is 7.43. The second kappa shape index (κ2) is 9.83. The largest absolute Gasteiger partial charge is 0.363 e. The number of primary amides is 1. The van der Waals surface area contributed by atoms with Crippen LogP contribution in [0.3, 0.4) is 0 Å². The lowest BCUT2D eigenvalue weighted by molar-refractivity contribution is -0.146.